The predicted molar refractivity (Wildman–Crippen MR) is 108 cm³/mol. The Hall–Kier alpha value is -1.99. The summed E-state index contributed by atoms with van der Waals surface area (Å²) in [5.74, 6) is -1.77. The molecule has 2 aliphatic heterocycles. The predicted octanol–water partition coefficient (Wildman–Crippen LogP) is 3.57. The van der Waals surface area contributed by atoms with E-state index in [9.17, 15) is 9.18 Å². The van der Waals surface area contributed by atoms with E-state index in [2.05, 4.69) is 4.90 Å². The van der Waals surface area contributed by atoms with Crippen LogP contribution in [0.1, 0.15) is 22.3 Å². The molecule has 0 radical (unpaired) electrons. The Balaban J connectivity index is 1.50. The maximum Gasteiger partial charge on any atom is 0.257 e. The lowest BCUT2D eigenvalue weighted by Gasteiger charge is -2.43. The highest BCUT2D eigenvalue weighted by atomic mass is 35.5. The van der Waals surface area contributed by atoms with Gasteiger partial charge in [-0.3, -0.25) is 9.69 Å². The second-order valence-electron chi connectivity index (χ2n) is 7.47. The molecule has 2 saturated heterocycles. The van der Waals surface area contributed by atoms with Crippen molar-refractivity contribution in [3.05, 3.63) is 70.5 Å². The maximum absolute atomic E-state index is 14.1. The Morgan fingerprint density at radius 1 is 1.03 bits per heavy atom. The summed E-state index contributed by atoms with van der Waals surface area (Å²) >= 11 is 6.33. The second kappa shape index (κ2) is 8.79. The molecule has 154 valence electrons. The first-order valence-corrected chi connectivity index (χ1v) is 10.2. The summed E-state index contributed by atoms with van der Waals surface area (Å²) in [6, 6.07) is 13.8. The van der Waals surface area contributed by atoms with Gasteiger partial charge in [-0.25, -0.2) is 4.39 Å². The van der Waals surface area contributed by atoms with E-state index in [1.165, 1.54) is 12.1 Å². The smallest absolute Gasteiger partial charge is 0.257 e. The zero-order valence-electron chi connectivity index (χ0n) is 16.2. The molecule has 4 rings (SSSR count). The van der Waals surface area contributed by atoms with E-state index in [1.54, 1.807) is 17.0 Å². The number of morpholine rings is 1. The number of halogens is 2. The number of carbonyl (C=O) groups excluding carboxylic acids is 1. The standard InChI is InChI=1S/C22H24ClFN2O3/c23-19-8-3-1-6-17(19)14-25-10-5-12-28-22(15-25)16-26(11-13-29-22)21(27)18-7-2-4-9-20(18)24/h1-4,6-9H,5,10-16H2. The van der Waals surface area contributed by atoms with E-state index in [1.807, 2.05) is 24.3 Å². The summed E-state index contributed by atoms with van der Waals surface area (Å²) in [5.41, 5.74) is 1.12. The van der Waals surface area contributed by atoms with Gasteiger partial charge in [0.15, 0.2) is 5.79 Å². The van der Waals surface area contributed by atoms with Crippen molar-refractivity contribution in [3.8, 4) is 0 Å². The van der Waals surface area contributed by atoms with Crippen LogP contribution in [0, 0.1) is 5.82 Å². The van der Waals surface area contributed by atoms with Crippen LogP contribution in [-0.4, -0.2) is 60.9 Å². The SMILES string of the molecule is O=C(c1ccccc1F)N1CCOC2(CN(Cc3ccccc3Cl)CCCO2)C1. The van der Waals surface area contributed by atoms with E-state index in [0.29, 0.717) is 32.8 Å². The largest absolute Gasteiger partial charge is 0.347 e. The molecule has 2 heterocycles. The average molecular weight is 419 g/mol. The highest BCUT2D eigenvalue weighted by Crippen LogP contribution is 2.27. The zero-order valence-corrected chi connectivity index (χ0v) is 16.9. The van der Waals surface area contributed by atoms with Gasteiger partial charge in [0.25, 0.3) is 5.91 Å². The number of amides is 1. The van der Waals surface area contributed by atoms with E-state index in [-0.39, 0.29) is 18.0 Å². The van der Waals surface area contributed by atoms with E-state index < -0.39 is 11.6 Å². The van der Waals surface area contributed by atoms with Gasteiger partial charge in [0, 0.05) is 24.7 Å². The van der Waals surface area contributed by atoms with Gasteiger partial charge in [0.05, 0.1) is 31.9 Å². The molecular weight excluding hydrogens is 395 g/mol. The number of hydrogen-bond donors (Lipinski definition) is 0. The first-order chi connectivity index (χ1) is 14.1. The van der Waals surface area contributed by atoms with Gasteiger partial charge >= 0.3 is 0 Å². The van der Waals surface area contributed by atoms with E-state index in [0.717, 1.165) is 23.6 Å². The Morgan fingerprint density at radius 3 is 2.62 bits per heavy atom. The molecule has 2 fully saturated rings. The maximum atomic E-state index is 14.1. The van der Waals surface area contributed by atoms with Gasteiger partial charge in [0.1, 0.15) is 5.82 Å². The minimum Gasteiger partial charge on any atom is -0.347 e. The molecule has 1 atom stereocenters. The van der Waals surface area contributed by atoms with Gasteiger partial charge in [-0.15, -0.1) is 0 Å². The molecule has 2 aromatic rings. The fourth-order valence-electron chi connectivity index (χ4n) is 3.93. The number of hydrogen-bond acceptors (Lipinski definition) is 4. The summed E-state index contributed by atoms with van der Waals surface area (Å²) in [7, 11) is 0. The number of nitrogens with zero attached hydrogens (tertiary/aromatic N) is 2. The minimum absolute atomic E-state index is 0.0751. The lowest BCUT2D eigenvalue weighted by Crippen LogP contribution is -2.59. The molecule has 2 aromatic carbocycles. The lowest BCUT2D eigenvalue weighted by atomic mass is 10.1. The van der Waals surface area contributed by atoms with Crippen LogP contribution in [0.5, 0.6) is 0 Å². The van der Waals surface area contributed by atoms with Crippen LogP contribution < -0.4 is 0 Å². The number of carbonyl (C=O) groups is 1. The quantitative estimate of drug-likeness (QED) is 0.764. The minimum atomic E-state index is -0.920. The number of benzene rings is 2. The second-order valence-corrected chi connectivity index (χ2v) is 7.88. The van der Waals surface area contributed by atoms with Crippen molar-refractivity contribution >= 4 is 17.5 Å². The topological polar surface area (TPSA) is 42.0 Å². The van der Waals surface area contributed by atoms with Gasteiger partial charge < -0.3 is 14.4 Å². The van der Waals surface area contributed by atoms with Crippen molar-refractivity contribution < 1.29 is 18.7 Å². The van der Waals surface area contributed by atoms with Crippen molar-refractivity contribution in [1.82, 2.24) is 9.80 Å². The molecule has 0 saturated carbocycles. The Morgan fingerprint density at radius 2 is 1.79 bits per heavy atom. The molecule has 7 heteroatoms. The third-order valence-electron chi connectivity index (χ3n) is 5.35. The zero-order chi connectivity index (χ0) is 20.3. The van der Waals surface area contributed by atoms with Crippen molar-refractivity contribution in [2.45, 2.75) is 18.8 Å². The van der Waals surface area contributed by atoms with Crippen LogP contribution in [0.3, 0.4) is 0 Å². The molecular formula is C22H24ClFN2O3. The Bertz CT molecular complexity index is 881. The van der Waals surface area contributed by atoms with Crippen LogP contribution in [-0.2, 0) is 16.0 Å². The molecule has 0 bridgehead atoms. The summed E-state index contributed by atoms with van der Waals surface area (Å²) in [6.07, 6.45) is 0.858. The molecule has 0 aliphatic carbocycles. The molecule has 1 unspecified atom stereocenters. The van der Waals surface area contributed by atoms with Crippen LogP contribution in [0.2, 0.25) is 5.02 Å². The number of rotatable bonds is 3. The Labute approximate surface area is 175 Å². The average Bonchev–Trinajstić information content (AvgIpc) is 2.91. The summed E-state index contributed by atoms with van der Waals surface area (Å²) in [6.45, 7) is 3.59. The van der Waals surface area contributed by atoms with Crippen LogP contribution in [0.25, 0.3) is 0 Å². The van der Waals surface area contributed by atoms with Crippen LogP contribution in [0.4, 0.5) is 4.39 Å². The van der Waals surface area contributed by atoms with Crippen molar-refractivity contribution in [1.29, 1.82) is 0 Å². The molecule has 0 aromatic heterocycles. The molecule has 29 heavy (non-hydrogen) atoms. The van der Waals surface area contributed by atoms with Crippen molar-refractivity contribution in [2.24, 2.45) is 0 Å². The fourth-order valence-corrected chi connectivity index (χ4v) is 4.13. The van der Waals surface area contributed by atoms with Crippen molar-refractivity contribution in [3.63, 3.8) is 0 Å². The molecule has 2 aliphatic rings. The normalized spacial score (nSPS) is 23.2. The van der Waals surface area contributed by atoms with Gasteiger partial charge in [0.2, 0.25) is 0 Å². The third kappa shape index (κ3) is 4.61. The van der Waals surface area contributed by atoms with Crippen LogP contribution >= 0.6 is 11.6 Å². The third-order valence-corrected chi connectivity index (χ3v) is 5.72. The molecule has 1 spiro atoms. The van der Waals surface area contributed by atoms with E-state index in [4.69, 9.17) is 21.1 Å². The monoisotopic (exact) mass is 418 g/mol. The van der Waals surface area contributed by atoms with Gasteiger partial charge in [-0.05, 0) is 30.2 Å². The fraction of sp³-hybridized carbons (Fsp3) is 0.409. The summed E-state index contributed by atoms with van der Waals surface area (Å²) < 4.78 is 26.2. The molecule has 1 amide bonds. The highest BCUT2D eigenvalue weighted by Gasteiger charge is 2.42. The number of ether oxygens (including phenoxy) is 2. The highest BCUT2D eigenvalue weighted by molar-refractivity contribution is 6.31. The summed E-state index contributed by atoms with van der Waals surface area (Å²) in [5, 5.41) is 0.729. The molecule has 5 nitrogen and oxygen atoms in total. The van der Waals surface area contributed by atoms with E-state index >= 15 is 0 Å². The van der Waals surface area contributed by atoms with Crippen molar-refractivity contribution in [2.75, 3.05) is 39.4 Å². The first-order valence-electron chi connectivity index (χ1n) is 9.84. The van der Waals surface area contributed by atoms with Gasteiger partial charge in [-0.2, -0.15) is 0 Å². The lowest BCUT2D eigenvalue weighted by molar-refractivity contribution is -0.261. The molecule has 0 N–H and O–H groups in total. The van der Waals surface area contributed by atoms with Gasteiger partial charge in [-0.1, -0.05) is 41.9 Å². The van der Waals surface area contributed by atoms with Crippen LogP contribution in [0.15, 0.2) is 48.5 Å². The summed E-state index contributed by atoms with van der Waals surface area (Å²) in [4.78, 5) is 16.8. The first kappa shape index (κ1) is 20.3. The Kier molecular flexibility index (Phi) is 6.15.